The molecule has 1 fully saturated rings. The Morgan fingerprint density at radius 2 is 1.93 bits per heavy atom. The maximum atomic E-state index is 12.8. The molecule has 2 aromatic rings. The van der Waals surface area contributed by atoms with Crippen molar-refractivity contribution in [2.75, 3.05) is 18.6 Å². The monoisotopic (exact) mass is 444 g/mol. The van der Waals surface area contributed by atoms with Crippen LogP contribution < -0.4 is 10.2 Å². The number of hydrogen-bond acceptors (Lipinski definition) is 4. The van der Waals surface area contributed by atoms with Gasteiger partial charge in [0.05, 0.1) is 13.0 Å². The summed E-state index contributed by atoms with van der Waals surface area (Å²) < 4.78 is 5.79. The maximum absolute atomic E-state index is 12.8. The number of nitrogens with one attached hydrogen (secondary N) is 1. The summed E-state index contributed by atoms with van der Waals surface area (Å²) >= 11 is 3.45. The number of aryl methyl sites for hydroxylation is 1. The zero-order valence-corrected chi connectivity index (χ0v) is 17.2. The van der Waals surface area contributed by atoms with Crippen molar-refractivity contribution >= 4 is 39.4 Å². The van der Waals surface area contributed by atoms with Gasteiger partial charge in [-0.3, -0.25) is 9.59 Å². The highest BCUT2D eigenvalue weighted by atomic mass is 79.9. The summed E-state index contributed by atoms with van der Waals surface area (Å²) in [6.45, 7) is 2.22. The number of halogens is 1. The van der Waals surface area contributed by atoms with Crippen LogP contribution in [0.1, 0.15) is 23.6 Å². The number of carbonyl (C=O) groups excluding carboxylic acids is 3. The molecule has 2 amide bonds. The van der Waals surface area contributed by atoms with E-state index in [4.69, 9.17) is 4.74 Å². The molecule has 7 heteroatoms. The molecule has 2 aromatic carbocycles. The van der Waals surface area contributed by atoms with E-state index in [9.17, 15) is 14.4 Å². The molecule has 0 radical (unpaired) electrons. The van der Waals surface area contributed by atoms with Crippen LogP contribution in [0.3, 0.4) is 0 Å². The van der Waals surface area contributed by atoms with Gasteiger partial charge in [0, 0.05) is 23.1 Å². The predicted octanol–water partition coefficient (Wildman–Crippen LogP) is 3.14. The Kier molecular flexibility index (Phi) is 6.14. The largest absolute Gasteiger partial charge is 0.467 e. The van der Waals surface area contributed by atoms with Gasteiger partial charge in [0.1, 0.15) is 0 Å². The van der Waals surface area contributed by atoms with Crippen LogP contribution >= 0.6 is 15.9 Å². The van der Waals surface area contributed by atoms with Crippen molar-refractivity contribution in [2.24, 2.45) is 5.92 Å². The smallest absolute Gasteiger partial charge is 0.333 e. The van der Waals surface area contributed by atoms with E-state index in [-0.39, 0.29) is 24.8 Å². The van der Waals surface area contributed by atoms with E-state index in [1.165, 1.54) is 7.11 Å². The molecule has 1 aliphatic rings. The van der Waals surface area contributed by atoms with Gasteiger partial charge in [0.15, 0.2) is 6.04 Å². The molecule has 2 atom stereocenters. The van der Waals surface area contributed by atoms with Gasteiger partial charge in [0.25, 0.3) is 0 Å². The average molecular weight is 445 g/mol. The third kappa shape index (κ3) is 4.25. The van der Waals surface area contributed by atoms with Crippen LogP contribution in [-0.4, -0.2) is 31.4 Å². The highest BCUT2D eigenvalue weighted by Gasteiger charge is 2.37. The van der Waals surface area contributed by atoms with Crippen LogP contribution in [-0.2, 0) is 19.1 Å². The first kappa shape index (κ1) is 20.1. The van der Waals surface area contributed by atoms with Gasteiger partial charge in [0.2, 0.25) is 11.8 Å². The lowest BCUT2D eigenvalue weighted by Gasteiger charge is -2.20. The number of methoxy groups -OCH3 is 1. The Labute approximate surface area is 172 Å². The van der Waals surface area contributed by atoms with Crippen molar-refractivity contribution in [1.82, 2.24) is 5.32 Å². The van der Waals surface area contributed by atoms with Crippen molar-refractivity contribution in [3.05, 3.63) is 64.1 Å². The van der Waals surface area contributed by atoms with Gasteiger partial charge in [-0.05, 0) is 36.2 Å². The van der Waals surface area contributed by atoms with Crippen LogP contribution in [0, 0.1) is 12.8 Å². The molecule has 0 aliphatic carbocycles. The number of benzene rings is 2. The van der Waals surface area contributed by atoms with E-state index >= 15 is 0 Å². The predicted molar refractivity (Wildman–Crippen MR) is 109 cm³/mol. The van der Waals surface area contributed by atoms with Crippen molar-refractivity contribution < 1.29 is 19.1 Å². The summed E-state index contributed by atoms with van der Waals surface area (Å²) in [6.07, 6.45) is 0.101. The molecule has 1 saturated heterocycles. The minimum Gasteiger partial charge on any atom is -0.467 e. The van der Waals surface area contributed by atoms with Gasteiger partial charge in [-0.15, -0.1) is 0 Å². The number of esters is 1. The summed E-state index contributed by atoms with van der Waals surface area (Å²) in [5.74, 6) is -1.54. The number of rotatable bonds is 5. The van der Waals surface area contributed by atoms with Gasteiger partial charge >= 0.3 is 5.97 Å². The lowest BCUT2D eigenvalue weighted by molar-refractivity contribution is -0.145. The fraction of sp³-hybridized carbons (Fsp3) is 0.286. The second kappa shape index (κ2) is 8.56. The molecule has 0 bridgehead atoms. The number of nitrogens with zero attached hydrogens (tertiary/aromatic N) is 1. The standard InChI is InChI=1S/C21H21BrN2O4/c1-13-10-16(8-9-17(13)22)24-12-15(11-18(24)25)20(26)23-19(21(27)28-2)14-6-4-3-5-7-14/h3-10,15,19H,11-12H2,1-2H3,(H,23,26)/t15-,19-/m1/s1. The zero-order chi connectivity index (χ0) is 20.3. The first-order valence-corrected chi connectivity index (χ1v) is 9.69. The van der Waals surface area contributed by atoms with Gasteiger partial charge in [-0.2, -0.15) is 0 Å². The Morgan fingerprint density at radius 1 is 1.21 bits per heavy atom. The highest BCUT2D eigenvalue weighted by Crippen LogP contribution is 2.29. The lowest BCUT2D eigenvalue weighted by atomic mass is 10.0. The van der Waals surface area contributed by atoms with Crippen molar-refractivity contribution in [3.63, 3.8) is 0 Å². The van der Waals surface area contributed by atoms with Crippen LogP contribution in [0.15, 0.2) is 53.0 Å². The molecule has 28 heavy (non-hydrogen) atoms. The third-order valence-corrected chi connectivity index (χ3v) is 5.70. The summed E-state index contributed by atoms with van der Waals surface area (Å²) in [4.78, 5) is 39.0. The van der Waals surface area contributed by atoms with E-state index in [0.29, 0.717) is 5.56 Å². The number of ether oxygens (including phenoxy) is 1. The molecule has 0 aromatic heterocycles. The Hall–Kier alpha value is -2.67. The second-order valence-electron chi connectivity index (χ2n) is 6.71. The number of hydrogen-bond donors (Lipinski definition) is 1. The molecule has 0 saturated carbocycles. The number of anilines is 1. The third-order valence-electron chi connectivity index (χ3n) is 4.81. The lowest BCUT2D eigenvalue weighted by Crippen LogP contribution is -2.39. The van der Waals surface area contributed by atoms with E-state index in [1.807, 2.05) is 31.2 Å². The Morgan fingerprint density at radius 3 is 2.57 bits per heavy atom. The molecule has 6 nitrogen and oxygen atoms in total. The molecule has 3 rings (SSSR count). The fourth-order valence-corrected chi connectivity index (χ4v) is 3.48. The molecule has 146 valence electrons. The van der Waals surface area contributed by atoms with Crippen LogP contribution in [0.25, 0.3) is 0 Å². The minimum atomic E-state index is -0.905. The van der Waals surface area contributed by atoms with Crippen LogP contribution in [0.2, 0.25) is 0 Å². The van der Waals surface area contributed by atoms with Crippen LogP contribution in [0.5, 0.6) is 0 Å². The van der Waals surface area contributed by atoms with E-state index in [2.05, 4.69) is 21.2 Å². The topological polar surface area (TPSA) is 75.7 Å². The quantitative estimate of drug-likeness (QED) is 0.718. The van der Waals surface area contributed by atoms with Gasteiger partial charge < -0.3 is 15.0 Å². The molecule has 1 aliphatic heterocycles. The second-order valence-corrected chi connectivity index (χ2v) is 7.57. The highest BCUT2D eigenvalue weighted by molar-refractivity contribution is 9.10. The van der Waals surface area contributed by atoms with E-state index in [0.717, 1.165) is 15.7 Å². The molecular weight excluding hydrogens is 424 g/mol. The average Bonchev–Trinajstić information content (AvgIpc) is 3.10. The zero-order valence-electron chi connectivity index (χ0n) is 15.6. The van der Waals surface area contributed by atoms with Crippen LogP contribution in [0.4, 0.5) is 5.69 Å². The first-order chi connectivity index (χ1) is 13.4. The molecule has 1 heterocycles. The van der Waals surface area contributed by atoms with E-state index < -0.39 is 17.9 Å². The summed E-state index contributed by atoms with van der Waals surface area (Å²) in [5, 5.41) is 2.74. The summed E-state index contributed by atoms with van der Waals surface area (Å²) in [5.41, 5.74) is 2.40. The molecule has 0 unspecified atom stereocenters. The maximum Gasteiger partial charge on any atom is 0.333 e. The Bertz CT molecular complexity index is 901. The molecular formula is C21H21BrN2O4. The SMILES string of the molecule is COC(=O)[C@H](NC(=O)[C@@H]1CC(=O)N(c2ccc(Br)c(C)c2)C1)c1ccccc1. The summed E-state index contributed by atoms with van der Waals surface area (Å²) in [6, 6.07) is 13.6. The number of amides is 2. The summed E-state index contributed by atoms with van der Waals surface area (Å²) in [7, 11) is 1.28. The molecule has 1 N–H and O–H groups in total. The van der Waals surface area contributed by atoms with Crippen molar-refractivity contribution in [1.29, 1.82) is 0 Å². The van der Waals surface area contributed by atoms with E-state index in [1.54, 1.807) is 29.2 Å². The first-order valence-electron chi connectivity index (χ1n) is 8.90. The van der Waals surface area contributed by atoms with Crippen molar-refractivity contribution in [2.45, 2.75) is 19.4 Å². The minimum absolute atomic E-state index is 0.101. The molecule has 0 spiro atoms. The Balaban J connectivity index is 1.74. The fourth-order valence-electron chi connectivity index (χ4n) is 3.23. The van der Waals surface area contributed by atoms with Crippen molar-refractivity contribution in [3.8, 4) is 0 Å². The normalized spacial score (nSPS) is 17.3. The number of carbonyl (C=O) groups is 3. The van der Waals surface area contributed by atoms with Gasteiger partial charge in [-0.1, -0.05) is 46.3 Å². The van der Waals surface area contributed by atoms with Gasteiger partial charge in [-0.25, -0.2) is 4.79 Å².